The summed E-state index contributed by atoms with van der Waals surface area (Å²) in [6, 6.07) is 13.8. The number of hydrogen-bond donors (Lipinski definition) is 2. The third-order valence-electron chi connectivity index (χ3n) is 4.88. The summed E-state index contributed by atoms with van der Waals surface area (Å²) in [5.74, 6) is 1.13. The van der Waals surface area contributed by atoms with Gasteiger partial charge in [0.15, 0.2) is 16.4 Å². The number of rotatable bonds is 8. The second kappa shape index (κ2) is 9.48. The molecule has 0 aliphatic heterocycles. The first kappa shape index (κ1) is 20.7. The molecule has 0 fully saturated rings. The summed E-state index contributed by atoms with van der Waals surface area (Å²) >= 11 is 5.35. The first-order valence-electron chi connectivity index (χ1n) is 10.0. The van der Waals surface area contributed by atoms with Gasteiger partial charge in [-0.2, -0.15) is 10.2 Å². The van der Waals surface area contributed by atoms with Crippen molar-refractivity contribution in [3.8, 4) is 11.4 Å². The highest BCUT2D eigenvalue weighted by Crippen LogP contribution is 2.19. The molecule has 0 saturated heterocycles. The molecule has 0 aliphatic carbocycles. The van der Waals surface area contributed by atoms with Crippen LogP contribution in [-0.4, -0.2) is 35.4 Å². The molecule has 0 aliphatic rings. The lowest BCUT2D eigenvalue weighted by Crippen LogP contribution is -2.16. The van der Waals surface area contributed by atoms with Crippen molar-refractivity contribution in [1.29, 1.82) is 0 Å². The number of hydrogen-bond acceptors (Lipinski definition) is 5. The average molecular weight is 434 g/mol. The molecule has 4 aromatic rings. The van der Waals surface area contributed by atoms with Crippen LogP contribution in [-0.2, 0) is 24.3 Å². The van der Waals surface area contributed by atoms with Crippen LogP contribution in [0.1, 0.15) is 17.5 Å². The lowest BCUT2D eigenvalue weighted by Gasteiger charge is -2.07. The Balaban J connectivity index is 1.34. The minimum Gasteiger partial charge on any atom is -0.309 e. The number of amides is 1. The van der Waals surface area contributed by atoms with Gasteiger partial charge in [-0.3, -0.25) is 24.1 Å². The van der Waals surface area contributed by atoms with Crippen LogP contribution in [0.15, 0.2) is 61.1 Å². The Bertz CT molecular complexity index is 1230. The number of benzene rings is 1. The predicted octanol–water partition coefficient (Wildman–Crippen LogP) is 3.78. The van der Waals surface area contributed by atoms with E-state index >= 15 is 0 Å². The van der Waals surface area contributed by atoms with Gasteiger partial charge in [0.05, 0.1) is 0 Å². The monoisotopic (exact) mass is 433 g/mol. The number of pyridine rings is 1. The van der Waals surface area contributed by atoms with E-state index in [0.717, 1.165) is 29.9 Å². The standard InChI is InChI=1S/C22H23N7OS/c1-16-3-2-4-18(15-16)21-25-26-22(31)29(21)14-9-20(30)24-19-8-13-28(27-19)12-7-17-5-10-23-11-6-17/h2-6,8,10-11,13,15H,7,9,12,14H2,1H3,(H,26,31)(H,24,27,30). The topological polar surface area (TPSA) is 93.4 Å². The minimum absolute atomic E-state index is 0.127. The van der Waals surface area contributed by atoms with E-state index in [1.54, 1.807) is 18.5 Å². The van der Waals surface area contributed by atoms with E-state index in [-0.39, 0.29) is 12.3 Å². The molecule has 3 heterocycles. The first-order valence-corrected chi connectivity index (χ1v) is 10.4. The number of nitrogens with zero attached hydrogens (tertiary/aromatic N) is 5. The van der Waals surface area contributed by atoms with Crippen molar-refractivity contribution in [3.05, 3.63) is 77.0 Å². The smallest absolute Gasteiger partial charge is 0.227 e. The van der Waals surface area contributed by atoms with E-state index in [1.165, 1.54) is 5.56 Å². The van der Waals surface area contributed by atoms with Crippen molar-refractivity contribution < 1.29 is 4.79 Å². The molecule has 3 aromatic heterocycles. The van der Waals surface area contributed by atoms with Crippen molar-refractivity contribution in [2.45, 2.75) is 32.9 Å². The van der Waals surface area contributed by atoms with Gasteiger partial charge in [-0.1, -0.05) is 23.8 Å². The van der Waals surface area contributed by atoms with E-state index in [9.17, 15) is 4.79 Å². The molecule has 31 heavy (non-hydrogen) atoms. The summed E-state index contributed by atoms with van der Waals surface area (Å²) in [5.41, 5.74) is 3.29. The van der Waals surface area contributed by atoms with Gasteiger partial charge in [-0.15, -0.1) is 0 Å². The molecule has 8 nitrogen and oxygen atoms in total. The molecule has 1 amide bonds. The fourth-order valence-corrected chi connectivity index (χ4v) is 3.52. The Morgan fingerprint density at radius 3 is 2.81 bits per heavy atom. The Kier molecular flexibility index (Phi) is 6.32. The minimum atomic E-state index is -0.127. The van der Waals surface area contributed by atoms with Crippen molar-refractivity contribution in [2.75, 3.05) is 5.32 Å². The lowest BCUT2D eigenvalue weighted by atomic mass is 10.1. The van der Waals surface area contributed by atoms with Crippen LogP contribution in [0.3, 0.4) is 0 Å². The van der Waals surface area contributed by atoms with Crippen LogP contribution in [0.4, 0.5) is 5.82 Å². The number of aryl methyl sites for hydroxylation is 3. The van der Waals surface area contributed by atoms with Crippen LogP contribution in [0.2, 0.25) is 0 Å². The van der Waals surface area contributed by atoms with Crippen LogP contribution in [0.25, 0.3) is 11.4 Å². The largest absolute Gasteiger partial charge is 0.309 e. The van der Waals surface area contributed by atoms with E-state index in [1.807, 2.05) is 58.8 Å². The first-order chi connectivity index (χ1) is 15.1. The maximum Gasteiger partial charge on any atom is 0.227 e. The second-order valence-electron chi connectivity index (χ2n) is 7.24. The van der Waals surface area contributed by atoms with Gasteiger partial charge in [-0.05, 0) is 49.3 Å². The number of H-pyrrole nitrogens is 1. The summed E-state index contributed by atoms with van der Waals surface area (Å²) < 4.78 is 4.15. The molecule has 2 N–H and O–H groups in total. The van der Waals surface area contributed by atoms with Gasteiger partial charge < -0.3 is 5.32 Å². The summed E-state index contributed by atoms with van der Waals surface area (Å²) in [5, 5.41) is 14.4. The summed E-state index contributed by atoms with van der Waals surface area (Å²) in [6.07, 6.45) is 6.52. The van der Waals surface area contributed by atoms with E-state index < -0.39 is 0 Å². The second-order valence-corrected chi connectivity index (χ2v) is 7.63. The molecule has 4 rings (SSSR count). The zero-order valence-electron chi connectivity index (χ0n) is 17.2. The van der Waals surface area contributed by atoms with Crippen LogP contribution in [0, 0.1) is 11.7 Å². The zero-order valence-corrected chi connectivity index (χ0v) is 18.0. The highest BCUT2D eigenvalue weighted by Gasteiger charge is 2.12. The fourth-order valence-electron chi connectivity index (χ4n) is 3.29. The summed E-state index contributed by atoms with van der Waals surface area (Å²) in [6.45, 7) is 3.18. The fraction of sp³-hybridized carbons (Fsp3) is 0.227. The molecule has 0 radical (unpaired) electrons. The Hall–Kier alpha value is -3.59. The van der Waals surface area contributed by atoms with Crippen molar-refractivity contribution in [1.82, 2.24) is 29.5 Å². The van der Waals surface area contributed by atoms with Gasteiger partial charge >= 0.3 is 0 Å². The van der Waals surface area contributed by atoms with Gasteiger partial charge in [-0.25, -0.2) is 0 Å². The number of anilines is 1. The zero-order chi connectivity index (χ0) is 21.6. The number of aromatic amines is 1. The Morgan fingerprint density at radius 1 is 1.16 bits per heavy atom. The third kappa shape index (κ3) is 5.32. The van der Waals surface area contributed by atoms with E-state index in [2.05, 4.69) is 25.6 Å². The van der Waals surface area contributed by atoms with Crippen molar-refractivity contribution in [2.24, 2.45) is 0 Å². The van der Waals surface area contributed by atoms with E-state index in [0.29, 0.717) is 17.1 Å². The lowest BCUT2D eigenvalue weighted by molar-refractivity contribution is -0.116. The normalized spacial score (nSPS) is 10.9. The number of aromatic nitrogens is 6. The maximum absolute atomic E-state index is 12.5. The summed E-state index contributed by atoms with van der Waals surface area (Å²) in [4.78, 5) is 16.5. The molecule has 1 aromatic carbocycles. The SMILES string of the molecule is Cc1cccc(-c2n[nH]c(=S)n2CCC(=O)Nc2ccn(CCc3ccncc3)n2)c1. The summed E-state index contributed by atoms with van der Waals surface area (Å²) in [7, 11) is 0. The van der Waals surface area contributed by atoms with E-state index in [4.69, 9.17) is 12.2 Å². The number of carbonyl (C=O) groups excluding carboxylic acids is 1. The predicted molar refractivity (Wildman–Crippen MR) is 121 cm³/mol. The van der Waals surface area contributed by atoms with Gasteiger partial charge in [0.2, 0.25) is 5.91 Å². The average Bonchev–Trinajstić information content (AvgIpc) is 3.37. The third-order valence-corrected chi connectivity index (χ3v) is 5.20. The molecular weight excluding hydrogens is 410 g/mol. The highest BCUT2D eigenvalue weighted by molar-refractivity contribution is 7.71. The molecule has 0 atom stereocenters. The molecule has 0 unspecified atom stereocenters. The Labute approximate surface area is 185 Å². The van der Waals surface area contributed by atoms with Crippen molar-refractivity contribution >= 4 is 23.9 Å². The van der Waals surface area contributed by atoms with Gasteiger partial charge in [0, 0.05) is 49.7 Å². The molecule has 0 saturated carbocycles. The molecule has 9 heteroatoms. The molecule has 0 spiro atoms. The van der Waals surface area contributed by atoms with Crippen LogP contribution < -0.4 is 5.32 Å². The van der Waals surface area contributed by atoms with Crippen LogP contribution in [0.5, 0.6) is 0 Å². The van der Waals surface area contributed by atoms with Gasteiger partial charge in [0.25, 0.3) is 0 Å². The molecular formula is C22H23N7OS. The molecule has 158 valence electrons. The van der Waals surface area contributed by atoms with Crippen molar-refractivity contribution in [3.63, 3.8) is 0 Å². The highest BCUT2D eigenvalue weighted by atomic mass is 32.1. The number of nitrogens with one attached hydrogen (secondary N) is 2. The van der Waals surface area contributed by atoms with Crippen LogP contribution >= 0.6 is 12.2 Å². The molecule has 0 bridgehead atoms. The number of carbonyl (C=O) groups is 1. The quantitative estimate of drug-likeness (QED) is 0.413. The Morgan fingerprint density at radius 2 is 2.00 bits per heavy atom. The van der Waals surface area contributed by atoms with Gasteiger partial charge in [0.1, 0.15) is 0 Å². The maximum atomic E-state index is 12.5.